The van der Waals surface area contributed by atoms with Crippen molar-refractivity contribution in [3.63, 3.8) is 0 Å². The number of aromatic nitrogens is 5. The van der Waals surface area contributed by atoms with Crippen LogP contribution in [0.5, 0.6) is 0 Å². The van der Waals surface area contributed by atoms with Crippen LogP contribution in [0.4, 0.5) is 26.3 Å². The summed E-state index contributed by atoms with van der Waals surface area (Å²) >= 11 is 2.44. The Labute approximate surface area is 792 Å². The largest absolute Gasteiger partial charge is 0.512 e. The number of benzene rings is 4. The van der Waals surface area contributed by atoms with Crippen LogP contribution in [0.25, 0.3) is 65.2 Å². The zero-order chi connectivity index (χ0) is 86.8. The molecular weight excluding hydrogens is 2430 g/mol. The number of rotatable bonds is 16. The summed E-state index contributed by atoms with van der Waals surface area (Å²) in [6.07, 6.45) is 37.2. The fourth-order valence-corrected chi connectivity index (χ4v) is 7.56. The molecule has 0 unspecified atom stereocenters. The van der Waals surface area contributed by atoms with Crippen molar-refractivity contribution in [3.8, 4) is 55.1 Å². The minimum absolute atomic E-state index is 0. The molecule has 675 valence electrons. The van der Waals surface area contributed by atoms with Crippen molar-refractivity contribution in [1.29, 1.82) is 0 Å². The van der Waals surface area contributed by atoms with Crippen molar-refractivity contribution >= 4 is 38.5 Å². The third-order valence-corrected chi connectivity index (χ3v) is 16.0. The Morgan fingerprint density at radius 3 is 1.02 bits per heavy atom. The van der Waals surface area contributed by atoms with Gasteiger partial charge >= 0.3 is 0 Å². The van der Waals surface area contributed by atoms with Crippen LogP contribution in [0.1, 0.15) is 281 Å². The molecule has 119 heavy (non-hydrogen) atoms. The maximum Gasteiger partial charge on any atom is 0.155 e. The number of thiophene rings is 2. The van der Waals surface area contributed by atoms with E-state index in [1.165, 1.54) is 215 Å². The molecule has 11 rings (SSSR count). The van der Waals surface area contributed by atoms with E-state index in [4.69, 9.17) is 9.52 Å². The predicted molar refractivity (Wildman–Crippen MR) is 481 cm³/mol. The Balaban J connectivity index is -0.000000137. The molecule has 0 spiro atoms. The smallest absolute Gasteiger partial charge is 0.155 e. The third-order valence-electron chi connectivity index (χ3n) is 14.0. The van der Waals surface area contributed by atoms with Crippen LogP contribution in [0.2, 0.25) is 0 Å². The number of oxazole rings is 1. The van der Waals surface area contributed by atoms with Crippen molar-refractivity contribution in [2.75, 3.05) is 0 Å². The molecule has 5 radical (unpaired) electrons. The van der Waals surface area contributed by atoms with Gasteiger partial charge in [-0.05, 0) is 70.8 Å². The molecule has 0 atom stereocenters. The van der Waals surface area contributed by atoms with Gasteiger partial charge in [0.25, 0.3) is 0 Å². The number of hydrogen-bond donors (Lipinski definition) is 1. The summed E-state index contributed by atoms with van der Waals surface area (Å²) in [4.78, 5) is 31.9. The van der Waals surface area contributed by atoms with Crippen molar-refractivity contribution in [3.05, 3.63) is 259 Å². The number of unbranched alkanes of at least 4 members (excludes halogenated alkanes) is 10. The van der Waals surface area contributed by atoms with E-state index < -0.39 is 11.6 Å². The molecular formula is C98H138F6Ir4N5O3ReS2-5. The van der Waals surface area contributed by atoms with Crippen LogP contribution in [0, 0.1) is 64.5 Å². The van der Waals surface area contributed by atoms with Gasteiger partial charge in [-0.2, -0.15) is 17.4 Å². The third kappa shape index (κ3) is 80.6. The first kappa shape index (κ1) is 134. The maximum absolute atomic E-state index is 13.5. The minimum Gasteiger partial charge on any atom is -0.512 e. The molecule has 7 heterocycles. The van der Waals surface area contributed by atoms with Gasteiger partial charge in [-0.25, -0.2) is 24.5 Å². The minimum atomic E-state index is -0.717. The zero-order valence-corrected chi connectivity index (χ0v) is 88.8. The molecule has 0 fully saturated rings. The van der Waals surface area contributed by atoms with Gasteiger partial charge in [0.15, 0.2) is 5.78 Å². The number of fused-ring (bicyclic) bond motifs is 1. The van der Waals surface area contributed by atoms with E-state index in [1.807, 2.05) is 60.7 Å². The average molecular weight is 2570 g/mol. The van der Waals surface area contributed by atoms with E-state index in [0.717, 1.165) is 55.2 Å². The molecule has 0 saturated heterocycles. The van der Waals surface area contributed by atoms with Crippen LogP contribution in [-0.4, -0.2) is 35.8 Å². The Kier molecular flexibility index (Phi) is 112. The van der Waals surface area contributed by atoms with Crippen molar-refractivity contribution in [1.82, 2.24) is 24.9 Å². The van der Waals surface area contributed by atoms with Gasteiger partial charge in [0.05, 0.1) is 29.2 Å². The number of aliphatic hydroxyl groups is 1. The summed E-state index contributed by atoms with van der Waals surface area (Å²) in [5.41, 5.74) is 4.70. The fraction of sp³-hybridized carbons (Fsp3) is 0.429. The van der Waals surface area contributed by atoms with Crippen molar-refractivity contribution < 1.29 is 142 Å². The Morgan fingerprint density at radius 2 is 0.739 bits per heavy atom. The second kappa shape index (κ2) is 99.5. The predicted octanol–water partition coefficient (Wildman–Crippen LogP) is 33.5. The van der Waals surface area contributed by atoms with Gasteiger partial charge in [-0.15, -0.1) is 101 Å². The van der Waals surface area contributed by atoms with Crippen LogP contribution in [0.15, 0.2) is 199 Å². The molecule has 1 N–H and O–H groups in total. The van der Waals surface area contributed by atoms with E-state index in [0.29, 0.717) is 27.4 Å². The molecule has 0 amide bonds. The summed E-state index contributed by atoms with van der Waals surface area (Å²) < 4.78 is 82.3. The van der Waals surface area contributed by atoms with E-state index in [1.54, 1.807) is 61.2 Å². The van der Waals surface area contributed by atoms with Gasteiger partial charge in [-0.3, -0.25) is 22.9 Å². The van der Waals surface area contributed by atoms with E-state index in [9.17, 15) is 31.1 Å². The number of carbonyl (C=O) groups excluding carboxylic acids is 1. The first-order valence-corrected chi connectivity index (χ1v) is 42.5. The molecule has 21 heteroatoms. The van der Waals surface area contributed by atoms with Gasteiger partial charge in [0, 0.05) is 161 Å². The molecule has 0 saturated carbocycles. The zero-order valence-electron chi connectivity index (χ0n) is 74.8. The number of ketones is 1. The van der Waals surface area contributed by atoms with Gasteiger partial charge < -0.3 is 29.5 Å². The second-order valence-electron chi connectivity index (χ2n) is 24.7. The number of halogens is 6. The number of allylic oxidation sites excluding steroid dienone is 2. The average Bonchev–Trinajstić information content (AvgIpc) is 1.67. The molecule has 0 aliphatic rings. The molecule has 0 aliphatic heterocycles. The number of carbonyl (C=O) groups is 1. The molecule has 0 aliphatic carbocycles. The van der Waals surface area contributed by atoms with Gasteiger partial charge in [-0.1, -0.05) is 332 Å². The number of pyridine rings is 4. The van der Waals surface area contributed by atoms with Crippen LogP contribution < -0.4 is 0 Å². The van der Waals surface area contributed by atoms with Crippen molar-refractivity contribution in [2.45, 2.75) is 281 Å². The number of nitrogens with zero attached hydrogens (tertiary/aromatic N) is 5. The Hall–Kier alpha value is -5.60. The first-order valence-electron chi connectivity index (χ1n) is 40.9. The Morgan fingerprint density at radius 1 is 0.378 bits per heavy atom. The summed E-state index contributed by atoms with van der Waals surface area (Å²) in [7, 11) is 0. The van der Waals surface area contributed by atoms with Gasteiger partial charge in [0.1, 0.15) is 5.89 Å². The van der Waals surface area contributed by atoms with E-state index in [2.05, 4.69) is 194 Å². The summed E-state index contributed by atoms with van der Waals surface area (Å²) in [5, 5.41) is 8.95. The quantitative estimate of drug-likeness (QED) is 0.0440. The fourth-order valence-electron chi connectivity index (χ4n) is 5.91. The van der Waals surface area contributed by atoms with Crippen LogP contribution in [-0.2, 0) is 106 Å². The number of aliphatic hydroxyl groups excluding tert-OH is 1. The molecule has 4 aromatic carbocycles. The van der Waals surface area contributed by atoms with E-state index >= 15 is 0 Å². The second-order valence-corrected chi connectivity index (χ2v) is 26.7. The number of hydrogen-bond acceptors (Lipinski definition) is 10. The summed E-state index contributed by atoms with van der Waals surface area (Å²) in [6.45, 7) is 46.5. The SMILES string of the molecule is CC(=O)C=C(C)O.CCCC.CCCC.CCCC.CCCC.CCCC.CCCC.CCCC.CCCC.CCCC.CCCC.Fc1[c-]c(-c2ccccn2)cc(F)c1.Fc1c[c-]c(-c2ccccn2)cc1.Fc1c[c-]c(-c2ccccn2)s1.Fc1c[c-]c(-c2ncco2)cc1.Fc1cccc2[c-]c(-c3ccccn3)sc12.[Ir].[Ir].[Ir].[Ir].[Re]. The maximum atomic E-state index is 13.5. The molecule has 11 aromatic rings. The monoisotopic (exact) mass is 2570 g/mol. The normalized spacial score (nSPS) is 8.96. The first-order chi connectivity index (χ1) is 54.9. The Bertz CT molecular complexity index is 3750. The molecule has 0 bridgehead atoms. The summed E-state index contributed by atoms with van der Waals surface area (Å²) in [6, 6.07) is 52.7. The van der Waals surface area contributed by atoms with Crippen LogP contribution >= 0.6 is 22.7 Å². The standard InChI is InChI=1S/C13H7FNS.C11H6F2N.C11H7FN.C9H5FNO.C9H5FNS.C5H8O2.10C4H10.4Ir.Re/c14-10-5-3-4-9-8-12(16-13(9)10)11-6-1-2-7-15-11;12-9-5-8(6-10(13)7-9)11-3-1-2-4-14-11;12-10-6-4-9(5-7-10)11-3-1-2-8-13-11;10-8-3-1-7(2-4-8)9-11-5-6-12-9;10-9-5-4-8(12-9)7-3-1-2-6-11-7;1-4(6)3-5(2)7;10*1-3-4-2;;;;;/h1-7H;1-5,7H;1-4,6-8H;1,3-6H;1-3,5-6H;3,6H,1-2H3;10*3-4H2,1-2H3;;;;;/q5*-1;;;;;;;;;;;;;;;;. The summed E-state index contributed by atoms with van der Waals surface area (Å²) in [5.74, 6) is -1.74. The van der Waals surface area contributed by atoms with Gasteiger partial charge in [0.2, 0.25) is 0 Å². The van der Waals surface area contributed by atoms with E-state index in [-0.39, 0.29) is 135 Å². The van der Waals surface area contributed by atoms with Crippen molar-refractivity contribution in [2.24, 2.45) is 0 Å². The molecule has 8 nitrogen and oxygen atoms in total. The molecule has 7 aromatic heterocycles. The van der Waals surface area contributed by atoms with Crippen LogP contribution in [0.3, 0.4) is 0 Å². The topological polar surface area (TPSA) is 115 Å².